The van der Waals surface area contributed by atoms with Crippen LogP contribution in [-0.2, 0) is 16.0 Å². The van der Waals surface area contributed by atoms with E-state index in [9.17, 15) is 9.18 Å². The van der Waals surface area contributed by atoms with Gasteiger partial charge in [-0.25, -0.2) is 9.37 Å². The van der Waals surface area contributed by atoms with Crippen LogP contribution in [0.4, 0.5) is 10.1 Å². The Kier molecular flexibility index (Phi) is 8.04. The molecule has 4 heterocycles. The fourth-order valence-corrected chi connectivity index (χ4v) is 5.55. The van der Waals surface area contributed by atoms with Crippen molar-refractivity contribution in [2.24, 2.45) is 0 Å². The maximum Gasteiger partial charge on any atom is 0.241 e. The fourth-order valence-electron chi connectivity index (χ4n) is 5.55. The van der Waals surface area contributed by atoms with E-state index in [4.69, 9.17) is 9.47 Å². The van der Waals surface area contributed by atoms with E-state index >= 15 is 0 Å². The number of ether oxygens (including phenoxy) is 2. The van der Waals surface area contributed by atoms with Gasteiger partial charge in [0.15, 0.2) is 0 Å². The van der Waals surface area contributed by atoms with Crippen LogP contribution in [0.25, 0.3) is 0 Å². The predicted molar refractivity (Wildman–Crippen MR) is 141 cm³/mol. The molecule has 0 aliphatic carbocycles. The summed E-state index contributed by atoms with van der Waals surface area (Å²) in [5, 5.41) is 3.60. The van der Waals surface area contributed by atoms with Gasteiger partial charge in [0.05, 0.1) is 25.8 Å². The highest BCUT2D eigenvalue weighted by molar-refractivity contribution is 5.97. The molecule has 0 spiro atoms. The third-order valence-corrected chi connectivity index (χ3v) is 7.66. The van der Waals surface area contributed by atoms with Crippen LogP contribution in [0.5, 0.6) is 5.88 Å². The average Bonchev–Trinajstić information content (AvgIpc) is 2.88. The summed E-state index contributed by atoms with van der Waals surface area (Å²) in [5.41, 5.74) is 2.65. The number of fused-ring (bicyclic) bond motifs is 1. The molecule has 37 heavy (non-hydrogen) atoms. The first kappa shape index (κ1) is 26.0. The van der Waals surface area contributed by atoms with Crippen LogP contribution in [0.3, 0.4) is 0 Å². The van der Waals surface area contributed by atoms with Crippen molar-refractivity contribution >= 4 is 11.6 Å². The highest BCUT2D eigenvalue weighted by Crippen LogP contribution is 2.33. The van der Waals surface area contributed by atoms with Gasteiger partial charge in [-0.15, -0.1) is 0 Å². The molecule has 1 N–H and O–H groups in total. The Balaban J connectivity index is 1.33. The third-order valence-electron chi connectivity index (χ3n) is 7.66. The van der Waals surface area contributed by atoms with Crippen molar-refractivity contribution in [3.05, 3.63) is 53.5 Å². The van der Waals surface area contributed by atoms with Gasteiger partial charge in [0.25, 0.3) is 0 Å². The standard InChI is InChI=1S/C28H38FN5O3/c1-19-14-33(25(13-30-19)15-32-8-9-36-17-20(32)2)16-27(35)34-21(3)18-37-28-26(34)11-23(12-31-28)10-22-4-6-24(29)7-5-22/h4-7,11-12,19-21,25,30H,8-10,13-18H2,1-3H3/t19-,20-,21?,25-/m1/s1. The number of aromatic nitrogens is 1. The number of carbonyl (C=O) groups is 1. The van der Waals surface area contributed by atoms with E-state index in [0.29, 0.717) is 43.2 Å². The number of pyridine rings is 1. The molecule has 1 aromatic carbocycles. The van der Waals surface area contributed by atoms with E-state index in [-0.39, 0.29) is 23.8 Å². The lowest BCUT2D eigenvalue weighted by Gasteiger charge is -2.44. The molecule has 0 bridgehead atoms. The van der Waals surface area contributed by atoms with Gasteiger partial charge < -0.3 is 19.7 Å². The van der Waals surface area contributed by atoms with Gasteiger partial charge in [-0.3, -0.25) is 14.6 Å². The Morgan fingerprint density at radius 2 is 1.92 bits per heavy atom. The first-order valence-electron chi connectivity index (χ1n) is 13.3. The minimum atomic E-state index is -0.255. The number of rotatable bonds is 6. The number of carbonyl (C=O) groups excluding carboxylic acids is 1. The minimum Gasteiger partial charge on any atom is -0.474 e. The van der Waals surface area contributed by atoms with Crippen molar-refractivity contribution in [3.63, 3.8) is 0 Å². The van der Waals surface area contributed by atoms with Crippen molar-refractivity contribution in [2.75, 3.05) is 57.4 Å². The fraction of sp³-hybridized carbons (Fsp3) is 0.571. The van der Waals surface area contributed by atoms with Crippen molar-refractivity contribution in [1.29, 1.82) is 0 Å². The molecule has 4 atom stereocenters. The lowest BCUT2D eigenvalue weighted by Crippen LogP contribution is -2.62. The highest BCUT2D eigenvalue weighted by atomic mass is 19.1. The molecule has 9 heteroatoms. The molecule has 1 unspecified atom stereocenters. The summed E-state index contributed by atoms with van der Waals surface area (Å²) in [4.78, 5) is 25.1. The zero-order valence-electron chi connectivity index (χ0n) is 22.0. The molecular weight excluding hydrogens is 473 g/mol. The van der Waals surface area contributed by atoms with E-state index in [0.717, 1.165) is 50.5 Å². The van der Waals surface area contributed by atoms with E-state index in [2.05, 4.69) is 33.9 Å². The van der Waals surface area contributed by atoms with Gasteiger partial charge in [-0.2, -0.15) is 0 Å². The molecule has 8 nitrogen and oxygen atoms in total. The largest absolute Gasteiger partial charge is 0.474 e. The molecule has 5 rings (SSSR count). The number of piperazine rings is 1. The van der Waals surface area contributed by atoms with E-state index in [1.54, 1.807) is 18.3 Å². The van der Waals surface area contributed by atoms with Crippen molar-refractivity contribution < 1.29 is 18.7 Å². The Labute approximate surface area is 218 Å². The number of nitrogens with one attached hydrogen (secondary N) is 1. The first-order chi connectivity index (χ1) is 17.9. The maximum atomic E-state index is 13.9. The zero-order chi connectivity index (χ0) is 25.9. The molecule has 0 radical (unpaired) electrons. The Hall–Kier alpha value is -2.59. The summed E-state index contributed by atoms with van der Waals surface area (Å²) in [6.45, 7) is 12.2. The van der Waals surface area contributed by atoms with Crippen molar-refractivity contribution in [3.8, 4) is 5.88 Å². The number of nitrogens with zero attached hydrogens (tertiary/aromatic N) is 4. The lowest BCUT2D eigenvalue weighted by molar-refractivity contribution is -0.121. The summed E-state index contributed by atoms with van der Waals surface area (Å²) in [6, 6.07) is 9.32. The van der Waals surface area contributed by atoms with Crippen LogP contribution in [-0.4, -0.2) is 97.4 Å². The van der Waals surface area contributed by atoms with Crippen molar-refractivity contribution in [1.82, 2.24) is 20.1 Å². The smallest absolute Gasteiger partial charge is 0.241 e. The summed E-state index contributed by atoms with van der Waals surface area (Å²) in [7, 11) is 0. The summed E-state index contributed by atoms with van der Waals surface area (Å²) < 4.78 is 24.8. The van der Waals surface area contributed by atoms with Crippen LogP contribution >= 0.6 is 0 Å². The second-order valence-corrected chi connectivity index (χ2v) is 10.7. The molecule has 2 aromatic rings. The first-order valence-corrected chi connectivity index (χ1v) is 13.3. The van der Waals surface area contributed by atoms with Gasteiger partial charge in [0, 0.05) is 50.5 Å². The maximum absolute atomic E-state index is 13.9. The number of hydrogen-bond donors (Lipinski definition) is 1. The van der Waals surface area contributed by atoms with E-state index in [1.165, 1.54) is 12.1 Å². The SMILES string of the molecule is CC1COc2ncc(Cc3ccc(F)cc3)cc2N1C(=O)CN1C[C@@H](C)NC[C@@H]1CN1CCOC[C@H]1C. The Morgan fingerprint density at radius 1 is 1.11 bits per heavy atom. The van der Waals surface area contributed by atoms with E-state index in [1.807, 2.05) is 17.9 Å². The molecule has 2 saturated heterocycles. The molecule has 1 aromatic heterocycles. The number of hydrogen-bond acceptors (Lipinski definition) is 7. The molecular formula is C28H38FN5O3. The second kappa shape index (κ2) is 11.4. The Morgan fingerprint density at radius 3 is 2.70 bits per heavy atom. The van der Waals surface area contributed by atoms with Crippen LogP contribution < -0.4 is 15.0 Å². The summed E-state index contributed by atoms with van der Waals surface area (Å²) in [6.07, 6.45) is 2.38. The molecule has 3 aliphatic heterocycles. The second-order valence-electron chi connectivity index (χ2n) is 10.7. The van der Waals surface area contributed by atoms with Crippen LogP contribution in [0.2, 0.25) is 0 Å². The van der Waals surface area contributed by atoms with Crippen molar-refractivity contribution in [2.45, 2.75) is 51.4 Å². The van der Waals surface area contributed by atoms with Gasteiger partial charge in [-0.1, -0.05) is 12.1 Å². The predicted octanol–water partition coefficient (Wildman–Crippen LogP) is 2.31. The lowest BCUT2D eigenvalue weighted by atomic mass is 10.0. The number of halogens is 1. The van der Waals surface area contributed by atoms with Gasteiger partial charge in [0.1, 0.15) is 18.1 Å². The van der Waals surface area contributed by atoms with Crippen LogP contribution in [0.15, 0.2) is 36.5 Å². The van der Waals surface area contributed by atoms with Crippen LogP contribution in [0, 0.1) is 5.82 Å². The quantitative estimate of drug-likeness (QED) is 0.638. The van der Waals surface area contributed by atoms with Gasteiger partial charge in [0.2, 0.25) is 11.8 Å². The third kappa shape index (κ3) is 6.12. The molecule has 0 saturated carbocycles. The minimum absolute atomic E-state index is 0.0620. The van der Waals surface area contributed by atoms with Gasteiger partial charge in [-0.05, 0) is 56.5 Å². The molecule has 1 amide bonds. The normalized spacial score (nSPS) is 27.0. The summed E-state index contributed by atoms with van der Waals surface area (Å²) >= 11 is 0. The average molecular weight is 512 g/mol. The Bertz CT molecular complexity index is 1080. The molecule has 2 fully saturated rings. The zero-order valence-corrected chi connectivity index (χ0v) is 22.0. The number of amides is 1. The molecule has 200 valence electrons. The highest BCUT2D eigenvalue weighted by Gasteiger charge is 2.35. The number of benzene rings is 1. The molecule has 3 aliphatic rings. The van der Waals surface area contributed by atoms with Gasteiger partial charge >= 0.3 is 0 Å². The number of morpholine rings is 1. The monoisotopic (exact) mass is 511 g/mol. The van der Waals surface area contributed by atoms with E-state index < -0.39 is 0 Å². The topological polar surface area (TPSA) is 70.2 Å². The number of anilines is 1. The van der Waals surface area contributed by atoms with Crippen LogP contribution in [0.1, 0.15) is 31.9 Å². The summed E-state index contributed by atoms with van der Waals surface area (Å²) in [5.74, 6) is 0.295.